The van der Waals surface area contributed by atoms with E-state index in [0.717, 1.165) is 0 Å². The molecule has 0 bridgehead atoms. The van der Waals surface area contributed by atoms with Gasteiger partial charge in [0.1, 0.15) is 11.3 Å². The molecule has 2 aromatic heterocycles. The number of benzene rings is 2. The Balaban J connectivity index is 0.000000491. The van der Waals surface area contributed by atoms with Crippen molar-refractivity contribution >= 4 is 43.5 Å². The van der Waals surface area contributed by atoms with Crippen molar-refractivity contribution in [3.8, 4) is 0 Å². The Morgan fingerprint density at radius 2 is 1.84 bits per heavy atom. The van der Waals surface area contributed by atoms with Crippen LogP contribution >= 0.6 is 0 Å². The van der Waals surface area contributed by atoms with Crippen molar-refractivity contribution in [1.29, 1.82) is 0 Å². The summed E-state index contributed by atoms with van der Waals surface area (Å²) in [6.45, 7) is 3.22. The number of nitrogens with one attached hydrogen (secondary N) is 3. The highest BCUT2D eigenvalue weighted by Crippen LogP contribution is 2.26. The first kappa shape index (κ1) is 22.0. The summed E-state index contributed by atoms with van der Waals surface area (Å²) in [4.78, 5) is 27.0. The Bertz CT molecular complexity index is 1440. The van der Waals surface area contributed by atoms with Crippen LogP contribution in [0.3, 0.4) is 0 Å². The average Bonchev–Trinajstić information content (AvgIpc) is 3.21. The maximum Gasteiger partial charge on any atom is 0.303 e. The Labute approximate surface area is 176 Å². The van der Waals surface area contributed by atoms with Gasteiger partial charge in [-0.3, -0.25) is 14.3 Å². The number of hydrogen-bond donors (Lipinski definition) is 4. The molecule has 0 saturated carbocycles. The van der Waals surface area contributed by atoms with E-state index in [1.54, 1.807) is 32.2 Å². The quantitative estimate of drug-likeness (QED) is 0.380. The number of rotatable bonds is 4. The summed E-state index contributed by atoms with van der Waals surface area (Å²) in [5.74, 6) is -1.18. The monoisotopic (exact) mass is 445 g/mol. The number of fused-ring (bicyclic) bond motifs is 3. The number of H-pyrrole nitrogens is 2. The van der Waals surface area contributed by atoms with Gasteiger partial charge in [-0.2, -0.15) is 0 Å². The van der Waals surface area contributed by atoms with Crippen LogP contribution in [-0.2, 0) is 14.8 Å². The highest BCUT2D eigenvalue weighted by molar-refractivity contribution is 7.92. The predicted octanol–water partition coefficient (Wildman–Crippen LogP) is 3.74. The van der Waals surface area contributed by atoms with Gasteiger partial charge in [-0.05, 0) is 55.0 Å². The number of pyridine rings is 1. The number of carboxylic acids is 1. The number of carbonyl (C=O) groups is 1. The fraction of sp³-hybridized carbons (Fsp3) is 0.143. The largest absolute Gasteiger partial charge is 0.481 e. The third-order valence-electron chi connectivity index (χ3n) is 4.55. The van der Waals surface area contributed by atoms with Gasteiger partial charge < -0.3 is 15.1 Å². The van der Waals surface area contributed by atoms with Gasteiger partial charge >= 0.3 is 5.97 Å². The van der Waals surface area contributed by atoms with Crippen LogP contribution in [0.5, 0.6) is 0 Å². The van der Waals surface area contributed by atoms with E-state index < -0.39 is 21.8 Å². The van der Waals surface area contributed by atoms with Crippen molar-refractivity contribution in [2.75, 3.05) is 4.72 Å². The smallest absolute Gasteiger partial charge is 0.303 e. The van der Waals surface area contributed by atoms with E-state index >= 15 is 0 Å². The van der Waals surface area contributed by atoms with Crippen LogP contribution in [0.2, 0.25) is 0 Å². The molecule has 4 rings (SSSR count). The molecule has 31 heavy (non-hydrogen) atoms. The maximum atomic E-state index is 13.2. The minimum atomic E-state index is -3.88. The minimum Gasteiger partial charge on any atom is -0.481 e. The van der Waals surface area contributed by atoms with Crippen LogP contribution in [0.15, 0.2) is 58.4 Å². The maximum absolute atomic E-state index is 13.2. The molecule has 0 atom stereocenters. The van der Waals surface area contributed by atoms with Crippen molar-refractivity contribution in [2.45, 2.75) is 25.2 Å². The number of hydrogen-bond acceptors (Lipinski definition) is 4. The summed E-state index contributed by atoms with van der Waals surface area (Å²) in [5, 5.41) is 8.97. The lowest BCUT2D eigenvalue weighted by Crippen LogP contribution is -2.14. The summed E-state index contributed by atoms with van der Waals surface area (Å²) in [5.41, 5.74) is 1.44. The molecule has 0 aliphatic carbocycles. The molecule has 8 nitrogen and oxygen atoms in total. The van der Waals surface area contributed by atoms with E-state index in [9.17, 15) is 22.4 Å². The molecule has 4 N–H and O–H groups in total. The molecule has 2 heterocycles. The Morgan fingerprint density at radius 1 is 1.13 bits per heavy atom. The molecule has 4 aromatic rings. The van der Waals surface area contributed by atoms with E-state index in [1.165, 1.54) is 30.3 Å². The molecule has 0 radical (unpaired) electrons. The second kappa shape index (κ2) is 8.60. The third kappa shape index (κ3) is 4.75. The van der Waals surface area contributed by atoms with Crippen LogP contribution in [0, 0.1) is 12.7 Å². The minimum absolute atomic E-state index is 0.0447. The first-order valence-corrected chi connectivity index (χ1v) is 10.7. The molecule has 2 aromatic carbocycles. The van der Waals surface area contributed by atoms with Gasteiger partial charge in [-0.1, -0.05) is 6.92 Å². The van der Waals surface area contributed by atoms with E-state index in [1.807, 2.05) is 0 Å². The Hall–Kier alpha value is -3.66. The number of aromatic nitrogens is 2. The molecule has 0 fully saturated rings. The van der Waals surface area contributed by atoms with E-state index in [0.29, 0.717) is 33.1 Å². The van der Waals surface area contributed by atoms with Crippen LogP contribution in [0.4, 0.5) is 10.1 Å². The molecule has 0 amide bonds. The van der Waals surface area contributed by atoms with Crippen LogP contribution in [0.25, 0.3) is 21.8 Å². The molecular weight excluding hydrogens is 425 g/mol. The number of sulfonamides is 1. The second-order valence-corrected chi connectivity index (χ2v) is 8.42. The van der Waals surface area contributed by atoms with Gasteiger partial charge in [-0.25, -0.2) is 12.8 Å². The first-order valence-electron chi connectivity index (χ1n) is 9.26. The number of aromatic amines is 2. The molecule has 162 valence electrons. The molecule has 0 aliphatic rings. The van der Waals surface area contributed by atoms with Gasteiger partial charge in [0.2, 0.25) is 0 Å². The predicted molar refractivity (Wildman–Crippen MR) is 116 cm³/mol. The number of aryl methyl sites for hydroxylation is 1. The highest BCUT2D eigenvalue weighted by atomic mass is 32.2. The summed E-state index contributed by atoms with van der Waals surface area (Å²) in [6.07, 6.45) is 1.85. The van der Waals surface area contributed by atoms with Crippen molar-refractivity contribution in [3.05, 3.63) is 70.4 Å². The van der Waals surface area contributed by atoms with Gasteiger partial charge in [0.15, 0.2) is 0 Å². The van der Waals surface area contributed by atoms with Crippen molar-refractivity contribution < 1.29 is 22.7 Å². The molecule has 0 aliphatic heterocycles. The van der Waals surface area contributed by atoms with Gasteiger partial charge in [0, 0.05) is 28.9 Å². The van der Waals surface area contributed by atoms with Gasteiger partial charge in [0.25, 0.3) is 15.6 Å². The average molecular weight is 445 g/mol. The number of aliphatic carboxylic acids is 1. The van der Waals surface area contributed by atoms with Crippen molar-refractivity contribution in [3.63, 3.8) is 0 Å². The fourth-order valence-corrected chi connectivity index (χ4v) is 4.09. The SMILES string of the molecule is CCC(=O)O.Cc1cc(F)ccc1NS(=O)(=O)c1ccc2[nH]c(=O)c3[nH]ccc3c2c1. The summed E-state index contributed by atoms with van der Waals surface area (Å²) < 4.78 is 41.2. The zero-order valence-electron chi connectivity index (χ0n) is 16.7. The highest BCUT2D eigenvalue weighted by Gasteiger charge is 2.17. The Morgan fingerprint density at radius 3 is 2.48 bits per heavy atom. The number of halogens is 1. The fourth-order valence-electron chi connectivity index (χ4n) is 2.93. The van der Waals surface area contributed by atoms with E-state index in [-0.39, 0.29) is 16.9 Å². The number of carboxylic acid groups (broad SMARTS) is 1. The lowest BCUT2D eigenvalue weighted by molar-refractivity contribution is -0.136. The standard InChI is InChI=1S/C18H14FN3O3S.C3H6O2/c1-10-8-11(19)2-4-15(10)22-26(24,25)12-3-5-16-14(9-12)13-6-7-20-17(13)18(23)21-16;1-2-3(4)5/h2-9,20,22H,1H3,(H,21,23);2H2,1H3,(H,4,5). The zero-order chi connectivity index (χ0) is 22.8. The molecule has 0 unspecified atom stereocenters. The van der Waals surface area contributed by atoms with Crippen LogP contribution in [0.1, 0.15) is 18.9 Å². The van der Waals surface area contributed by atoms with E-state index in [4.69, 9.17) is 5.11 Å². The second-order valence-electron chi connectivity index (χ2n) is 6.74. The lowest BCUT2D eigenvalue weighted by Gasteiger charge is -2.11. The zero-order valence-corrected chi connectivity index (χ0v) is 17.5. The van der Waals surface area contributed by atoms with Gasteiger partial charge in [-0.15, -0.1) is 0 Å². The Kier molecular flexibility index (Phi) is 6.11. The van der Waals surface area contributed by atoms with Gasteiger partial charge in [0.05, 0.1) is 10.6 Å². The molecule has 0 spiro atoms. The molecular formula is C21H20FN3O5S. The summed E-state index contributed by atoms with van der Waals surface area (Å²) in [7, 11) is -3.88. The van der Waals surface area contributed by atoms with Crippen LogP contribution < -0.4 is 10.3 Å². The summed E-state index contributed by atoms with van der Waals surface area (Å²) >= 11 is 0. The molecule has 0 saturated heterocycles. The van der Waals surface area contributed by atoms with Crippen molar-refractivity contribution in [1.82, 2.24) is 9.97 Å². The summed E-state index contributed by atoms with van der Waals surface area (Å²) in [6, 6.07) is 10.0. The first-order chi connectivity index (χ1) is 14.6. The van der Waals surface area contributed by atoms with Crippen molar-refractivity contribution in [2.24, 2.45) is 0 Å². The number of anilines is 1. The van der Waals surface area contributed by atoms with Crippen LogP contribution in [-0.4, -0.2) is 29.5 Å². The lowest BCUT2D eigenvalue weighted by atomic mass is 10.1. The van der Waals surface area contributed by atoms with E-state index in [2.05, 4.69) is 14.7 Å². The topological polar surface area (TPSA) is 132 Å². The molecule has 10 heteroatoms. The normalized spacial score (nSPS) is 11.2. The third-order valence-corrected chi connectivity index (χ3v) is 5.91.